The van der Waals surface area contributed by atoms with Gasteiger partial charge in [0.1, 0.15) is 0 Å². The molecule has 0 saturated carbocycles. The molecule has 2 aliphatic rings. The number of nitrogens with one attached hydrogen (secondary N) is 1. The average Bonchev–Trinajstić information content (AvgIpc) is 3.15. The minimum absolute atomic E-state index is 0.0720. The number of ether oxygens (including phenoxy) is 1. The van der Waals surface area contributed by atoms with Crippen molar-refractivity contribution in [2.75, 3.05) is 26.3 Å². The van der Waals surface area contributed by atoms with Crippen molar-refractivity contribution in [1.29, 1.82) is 0 Å². The van der Waals surface area contributed by atoms with Crippen LogP contribution in [0.5, 0.6) is 0 Å². The minimum Gasteiger partial charge on any atom is -0.381 e. The summed E-state index contributed by atoms with van der Waals surface area (Å²) in [7, 11) is 0. The predicted molar refractivity (Wildman–Crippen MR) is 91.6 cm³/mol. The van der Waals surface area contributed by atoms with Crippen LogP contribution >= 0.6 is 0 Å². The van der Waals surface area contributed by atoms with Crippen molar-refractivity contribution in [2.24, 2.45) is 5.92 Å². The first-order chi connectivity index (χ1) is 11.7. The number of hydrogen-bond acceptors (Lipinski definition) is 3. The fraction of sp³-hybridized carbons (Fsp3) is 0.579. The zero-order chi connectivity index (χ0) is 16.8. The standard InChI is InChI=1S/C19H26N2O3/c22-18(12-16-4-3-11-24-14-16)20-13-15-5-7-17(8-6-15)19(23)21-9-1-2-10-21/h5-8,16H,1-4,9-14H2,(H,20,22)/t16-/m0/s1. The second kappa shape index (κ2) is 8.29. The molecule has 0 aliphatic carbocycles. The largest absolute Gasteiger partial charge is 0.381 e. The molecule has 2 heterocycles. The Morgan fingerprint density at radius 3 is 2.54 bits per heavy atom. The van der Waals surface area contributed by atoms with Gasteiger partial charge in [0.05, 0.1) is 0 Å². The van der Waals surface area contributed by atoms with Gasteiger partial charge < -0.3 is 15.0 Å². The quantitative estimate of drug-likeness (QED) is 0.901. The van der Waals surface area contributed by atoms with E-state index in [0.29, 0.717) is 25.5 Å². The molecule has 2 amide bonds. The summed E-state index contributed by atoms with van der Waals surface area (Å²) >= 11 is 0. The van der Waals surface area contributed by atoms with Crippen molar-refractivity contribution in [3.63, 3.8) is 0 Å². The second-order valence-corrected chi connectivity index (χ2v) is 6.76. The van der Waals surface area contributed by atoms with E-state index in [9.17, 15) is 9.59 Å². The number of nitrogens with zero attached hydrogens (tertiary/aromatic N) is 1. The van der Waals surface area contributed by atoms with E-state index < -0.39 is 0 Å². The Bertz CT molecular complexity index is 558. The maximum Gasteiger partial charge on any atom is 0.253 e. The summed E-state index contributed by atoms with van der Waals surface area (Å²) in [5.41, 5.74) is 1.74. The summed E-state index contributed by atoms with van der Waals surface area (Å²) in [5, 5.41) is 2.96. The van der Waals surface area contributed by atoms with Gasteiger partial charge in [-0.05, 0) is 49.3 Å². The summed E-state index contributed by atoms with van der Waals surface area (Å²) in [4.78, 5) is 26.2. The van der Waals surface area contributed by atoms with Crippen molar-refractivity contribution in [1.82, 2.24) is 10.2 Å². The van der Waals surface area contributed by atoms with Gasteiger partial charge in [-0.2, -0.15) is 0 Å². The Hall–Kier alpha value is -1.88. The molecule has 1 aromatic rings. The van der Waals surface area contributed by atoms with Gasteiger partial charge in [0.2, 0.25) is 5.91 Å². The molecule has 0 unspecified atom stereocenters. The molecular formula is C19H26N2O3. The van der Waals surface area contributed by atoms with Gasteiger partial charge in [-0.15, -0.1) is 0 Å². The molecule has 0 aromatic heterocycles. The van der Waals surface area contributed by atoms with E-state index in [1.54, 1.807) is 0 Å². The third-order valence-electron chi connectivity index (χ3n) is 4.81. The van der Waals surface area contributed by atoms with Gasteiger partial charge in [0, 0.05) is 44.8 Å². The molecule has 1 N–H and O–H groups in total. The highest BCUT2D eigenvalue weighted by atomic mass is 16.5. The normalized spacial score (nSPS) is 20.8. The molecule has 5 heteroatoms. The van der Waals surface area contributed by atoms with E-state index in [0.717, 1.165) is 56.5 Å². The number of carbonyl (C=O) groups excluding carboxylic acids is 2. The van der Waals surface area contributed by atoms with E-state index in [1.807, 2.05) is 29.2 Å². The number of rotatable bonds is 5. The summed E-state index contributed by atoms with van der Waals surface area (Å²) in [6.45, 7) is 3.75. The van der Waals surface area contributed by atoms with Crippen LogP contribution < -0.4 is 5.32 Å². The molecule has 130 valence electrons. The summed E-state index contributed by atoms with van der Waals surface area (Å²) in [6, 6.07) is 7.56. The van der Waals surface area contributed by atoms with Gasteiger partial charge >= 0.3 is 0 Å². The molecule has 2 saturated heterocycles. The smallest absolute Gasteiger partial charge is 0.253 e. The molecule has 1 atom stereocenters. The lowest BCUT2D eigenvalue weighted by Crippen LogP contribution is -2.28. The molecular weight excluding hydrogens is 304 g/mol. The van der Waals surface area contributed by atoms with E-state index in [-0.39, 0.29) is 11.8 Å². The van der Waals surface area contributed by atoms with Crippen LogP contribution in [0.15, 0.2) is 24.3 Å². The van der Waals surface area contributed by atoms with E-state index >= 15 is 0 Å². The van der Waals surface area contributed by atoms with E-state index in [1.165, 1.54) is 0 Å². The molecule has 0 spiro atoms. The van der Waals surface area contributed by atoms with Gasteiger partial charge in [-0.1, -0.05) is 12.1 Å². The number of likely N-dealkylation sites (tertiary alicyclic amines) is 1. The number of benzene rings is 1. The minimum atomic E-state index is 0.0720. The Morgan fingerprint density at radius 1 is 1.12 bits per heavy atom. The first-order valence-electron chi connectivity index (χ1n) is 8.95. The van der Waals surface area contributed by atoms with Gasteiger partial charge in [-0.3, -0.25) is 9.59 Å². The topological polar surface area (TPSA) is 58.6 Å². The SMILES string of the molecule is O=C(C[C@@H]1CCCOC1)NCc1ccc(C(=O)N2CCCC2)cc1. The second-order valence-electron chi connectivity index (χ2n) is 6.76. The lowest BCUT2D eigenvalue weighted by molar-refractivity contribution is -0.123. The van der Waals surface area contributed by atoms with Crippen LogP contribution in [0.1, 0.15) is 48.0 Å². The van der Waals surface area contributed by atoms with Crippen LogP contribution in [-0.4, -0.2) is 43.0 Å². The zero-order valence-corrected chi connectivity index (χ0v) is 14.1. The Balaban J connectivity index is 1.45. The molecule has 2 aliphatic heterocycles. The summed E-state index contributed by atoms with van der Waals surface area (Å²) in [6.07, 6.45) is 4.85. The lowest BCUT2D eigenvalue weighted by Gasteiger charge is -2.21. The highest BCUT2D eigenvalue weighted by molar-refractivity contribution is 5.94. The zero-order valence-electron chi connectivity index (χ0n) is 14.1. The molecule has 0 radical (unpaired) electrons. The maximum atomic E-state index is 12.3. The molecule has 3 rings (SSSR count). The highest BCUT2D eigenvalue weighted by Gasteiger charge is 2.19. The number of carbonyl (C=O) groups is 2. The van der Waals surface area contributed by atoms with Crippen molar-refractivity contribution in [2.45, 2.75) is 38.6 Å². The van der Waals surface area contributed by atoms with Crippen LogP contribution in [0.4, 0.5) is 0 Å². The maximum absolute atomic E-state index is 12.3. The Morgan fingerprint density at radius 2 is 1.88 bits per heavy atom. The fourth-order valence-corrected chi connectivity index (χ4v) is 3.37. The van der Waals surface area contributed by atoms with Gasteiger partial charge in [-0.25, -0.2) is 0 Å². The first kappa shape index (κ1) is 17.0. The van der Waals surface area contributed by atoms with E-state index in [2.05, 4.69) is 5.32 Å². The lowest BCUT2D eigenvalue weighted by atomic mass is 9.98. The number of amides is 2. The van der Waals surface area contributed by atoms with Gasteiger partial charge in [0.15, 0.2) is 0 Å². The summed E-state index contributed by atoms with van der Waals surface area (Å²) in [5.74, 6) is 0.530. The van der Waals surface area contributed by atoms with Crippen LogP contribution in [0.3, 0.4) is 0 Å². The highest BCUT2D eigenvalue weighted by Crippen LogP contribution is 2.17. The summed E-state index contributed by atoms with van der Waals surface area (Å²) < 4.78 is 5.41. The molecule has 5 nitrogen and oxygen atoms in total. The van der Waals surface area contributed by atoms with Crippen LogP contribution in [-0.2, 0) is 16.1 Å². The predicted octanol–water partition coefficient (Wildman–Crippen LogP) is 2.36. The Labute approximate surface area is 143 Å². The van der Waals surface area contributed by atoms with Crippen molar-refractivity contribution in [3.8, 4) is 0 Å². The third kappa shape index (κ3) is 4.57. The molecule has 2 fully saturated rings. The molecule has 24 heavy (non-hydrogen) atoms. The average molecular weight is 330 g/mol. The van der Waals surface area contributed by atoms with Crippen molar-refractivity contribution in [3.05, 3.63) is 35.4 Å². The Kier molecular flexibility index (Phi) is 5.86. The third-order valence-corrected chi connectivity index (χ3v) is 4.81. The monoisotopic (exact) mass is 330 g/mol. The van der Waals surface area contributed by atoms with Crippen molar-refractivity contribution < 1.29 is 14.3 Å². The van der Waals surface area contributed by atoms with Crippen LogP contribution in [0, 0.1) is 5.92 Å². The first-order valence-corrected chi connectivity index (χ1v) is 8.95. The fourth-order valence-electron chi connectivity index (χ4n) is 3.37. The van der Waals surface area contributed by atoms with Gasteiger partial charge in [0.25, 0.3) is 5.91 Å². The van der Waals surface area contributed by atoms with Crippen molar-refractivity contribution >= 4 is 11.8 Å². The molecule has 0 bridgehead atoms. The van der Waals surface area contributed by atoms with Crippen LogP contribution in [0.2, 0.25) is 0 Å². The molecule has 1 aromatic carbocycles. The van der Waals surface area contributed by atoms with E-state index in [4.69, 9.17) is 4.74 Å². The number of hydrogen-bond donors (Lipinski definition) is 1. The van der Waals surface area contributed by atoms with Crippen LogP contribution in [0.25, 0.3) is 0 Å².